The molecule has 1 unspecified atom stereocenters. The van der Waals surface area contributed by atoms with Crippen molar-refractivity contribution in [2.75, 3.05) is 30.7 Å². The van der Waals surface area contributed by atoms with Crippen molar-refractivity contribution >= 4 is 44.0 Å². The summed E-state index contributed by atoms with van der Waals surface area (Å²) in [4.78, 5) is 21.3. The molecule has 4 aliphatic rings. The monoisotopic (exact) mass is 559 g/mol. The highest BCUT2D eigenvalue weighted by Crippen LogP contribution is 2.61. The first-order valence-electron chi connectivity index (χ1n) is 13.9. The van der Waals surface area contributed by atoms with E-state index in [0.717, 1.165) is 41.3 Å². The summed E-state index contributed by atoms with van der Waals surface area (Å²) in [6.07, 6.45) is 13.0. The van der Waals surface area contributed by atoms with Gasteiger partial charge in [0.1, 0.15) is 0 Å². The summed E-state index contributed by atoms with van der Waals surface area (Å²) < 4.78 is 26.6. The van der Waals surface area contributed by atoms with E-state index < -0.39 is 15.3 Å². The number of sulfone groups is 1. The molecule has 37 heavy (non-hydrogen) atoms. The van der Waals surface area contributed by atoms with E-state index in [1.807, 2.05) is 30.1 Å². The maximum Gasteiger partial charge on any atom is 0.237 e. The molecule has 1 aromatic carbocycles. The summed E-state index contributed by atoms with van der Waals surface area (Å²) in [5, 5.41) is 3.60. The summed E-state index contributed by atoms with van der Waals surface area (Å²) in [5.41, 5.74) is 0.366. The first-order chi connectivity index (χ1) is 18.0. The van der Waals surface area contributed by atoms with E-state index in [9.17, 15) is 13.2 Å². The van der Waals surface area contributed by atoms with E-state index in [2.05, 4.69) is 15.2 Å². The van der Waals surface area contributed by atoms with Gasteiger partial charge >= 0.3 is 0 Å². The minimum Gasteiger partial charge on any atom is -0.303 e. The van der Waals surface area contributed by atoms with Crippen molar-refractivity contribution in [1.82, 2.24) is 9.88 Å². The second kappa shape index (κ2) is 10.6. The van der Waals surface area contributed by atoms with Gasteiger partial charge in [0, 0.05) is 12.3 Å². The van der Waals surface area contributed by atoms with Crippen LogP contribution in [0.3, 0.4) is 0 Å². The number of thiazole rings is 1. The minimum atomic E-state index is -3.24. The highest BCUT2D eigenvalue weighted by atomic mass is 32.2. The molecule has 3 aliphatic carbocycles. The number of carbonyl (C=O) groups excluding carboxylic acids is 1. The third kappa shape index (κ3) is 5.38. The second-order valence-electron chi connectivity index (χ2n) is 11.3. The summed E-state index contributed by atoms with van der Waals surface area (Å²) in [5.74, 6) is 1.93. The molecule has 9 heteroatoms. The second-order valence-corrected chi connectivity index (χ2v) is 15.9. The van der Waals surface area contributed by atoms with Crippen LogP contribution >= 0.6 is 23.1 Å². The number of carbonyl (C=O) groups is 1. The van der Waals surface area contributed by atoms with E-state index in [4.69, 9.17) is 0 Å². The fourth-order valence-corrected chi connectivity index (χ4v) is 10.1. The van der Waals surface area contributed by atoms with Crippen LogP contribution in [0, 0.1) is 11.8 Å². The van der Waals surface area contributed by atoms with Gasteiger partial charge < -0.3 is 10.2 Å². The number of hydrogen-bond acceptors (Lipinski definition) is 7. The third-order valence-corrected chi connectivity index (χ3v) is 13.2. The molecule has 4 fully saturated rings. The number of hydrogen-bond donors (Lipinski definition) is 1. The highest BCUT2D eigenvalue weighted by Gasteiger charge is 2.63. The van der Waals surface area contributed by atoms with E-state index in [0.29, 0.717) is 21.9 Å². The zero-order valence-electron chi connectivity index (χ0n) is 21.4. The number of aromatic nitrogens is 1. The molecular formula is C28H37N3O3S3. The molecule has 2 atom stereocenters. The van der Waals surface area contributed by atoms with E-state index in [1.165, 1.54) is 58.0 Å². The molecule has 0 bridgehead atoms. The standard InChI is InChI=1S/C28H37N3O3S3/c32-26(30-27-29-19-25(36-27)35-17-16-31-14-4-5-15-31)28(18-24(28)20-6-2-1-3-7-20)21-8-10-22(11-9-21)37(33,34)23-12-13-23/h8-11,19-20,23-24H,1-7,12-18H2,(H,29,30,32)/t24-,28?/m0/s1. The highest BCUT2D eigenvalue weighted by molar-refractivity contribution is 8.01. The normalized spacial score (nSPS) is 26.9. The molecule has 1 aliphatic heterocycles. The Kier molecular flexibility index (Phi) is 7.42. The lowest BCUT2D eigenvalue weighted by atomic mass is 9.80. The molecule has 6 rings (SSSR count). The number of thioether (sulfide) groups is 1. The van der Waals surface area contributed by atoms with Crippen molar-refractivity contribution in [3.05, 3.63) is 36.0 Å². The van der Waals surface area contributed by atoms with Crippen molar-refractivity contribution in [3.8, 4) is 0 Å². The van der Waals surface area contributed by atoms with Gasteiger partial charge in [-0.05, 0) is 74.7 Å². The van der Waals surface area contributed by atoms with Crippen molar-refractivity contribution < 1.29 is 13.2 Å². The zero-order chi connectivity index (χ0) is 25.5. The molecular weight excluding hydrogens is 523 g/mol. The molecule has 1 aromatic heterocycles. The summed E-state index contributed by atoms with van der Waals surface area (Å²) in [6.45, 7) is 3.52. The molecule has 1 saturated heterocycles. The maximum atomic E-state index is 13.9. The molecule has 6 nitrogen and oxygen atoms in total. The van der Waals surface area contributed by atoms with Crippen LogP contribution in [-0.4, -0.2) is 54.8 Å². The lowest BCUT2D eigenvalue weighted by Crippen LogP contribution is -2.32. The fourth-order valence-electron chi connectivity index (χ4n) is 6.50. The topological polar surface area (TPSA) is 79.4 Å². The average Bonchev–Trinajstić information content (AvgIpc) is 3.81. The van der Waals surface area contributed by atoms with E-state index in [1.54, 1.807) is 23.5 Å². The van der Waals surface area contributed by atoms with Crippen LogP contribution in [0.4, 0.5) is 5.13 Å². The number of benzene rings is 1. The maximum absolute atomic E-state index is 13.9. The van der Waals surface area contributed by atoms with Crippen LogP contribution in [0.5, 0.6) is 0 Å². The van der Waals surface area contributed by atoms with Crippen molar-refractivity contribution in [2.24, 2.45) is 11.8 Å². The smallest absolute Gasteiger partial charge is 0.237 e. The quantitative estimate of drug-likeness (QED) is 0.374. The van der Waals surface area contributed by atoms with Gasteiger partial charge in [-0.25, -0.2) is 13.4 Å². The number of rotatable bonds is 10. The van der Waals surface area contributed by atoms with Crippen LogP contribution in [0.25, 0.3) is 0 Å². The molecule has 1 N–H and O–H groups in total. The van der Waals surface area contributed by atoms with Crippen LogP contribution in [0.15, 0.2) is 39.6 Å². The van der Waals surface area contributed by atoms with Crippen molar-refractivity contribution in [3.63, 3.8) is 0 Å². The van der Waals surface area contributed by atoms with Crippen LogP contribution < -0.4 is 5.32 Å². The molecule has 200 valence electrons. The molecule has 2 aromatic rings. The number of anilines is 1. The zero-order valence-corrected chi connectivity index (χ0v) is 23.8. The molecule has 2 heterocycles. The summed E-state index contributed by atoms with van der Waals surface area (Å²) in [7, 11) is -3.24. The molecule has 0 spiro atoms. The number of nitrogens with one attached hydrogen (secondary N) is 1. The Balaban J connectivity index is 1.17. The van der Waals surface area contributed by atoms with Gasteiger partial charge in [-0.3, -0.25) is 4.79 Å². The van der Waals surface area contributed by atoms with Gasteiger partial charge in [-0.2, -0.15) is 0 Å². The lowest BCUT2D eigenvalue weighted by molar-refractivity contribution is -0.119. The van der Waals surface area contributed by atoms with E-state index >= 15 is 0 Å². The number of amides is 1. The molecule has 3 saturated carbocycles. The number of nitrogens with zero attached hydrogens (tertiary/aromatic N) is 2. The Bertz CT molecular complexity index is 1210. The Hall–Kier alpha value is -1.42. The van der Waals surface area contributed by atoms with Crippen molar-refractivity contribution in [1.29, 1.82) is 0 Å². The third-order valence-electron chi connectivity index (χ3n) is 8.86. The lowest BCUT2D eigenvalue weighted by Gasteiger charge is -2.25. The van der Waals surface area contributed by atoms with Crippen LogP contribution in [-0.2, 0) is 20.0 Å². The fraction of sp³-hybridized carbons (Fsp3) is 0.643. The van der Waals surface area contributed by atoms with Gasteiger partial charge in [-0.1, -0.05) is 55.6 Å². The first-order valence-corrected chi connectivity index (χ1v) is 17.3. The predicted octanol–water partition coefficient (Wildman–Crippen LogP) is 5.74. The van der Waals surface area contributed by atoms with Gasteiger partial charge in [-0.15, -0.1) is 11.8 Å². The Labute approximate surface area is 228 Å². The average molecular weight is 560 g/mol. The summed E-state index contributed by atoms with van der Waals surface area (Å²) >= 11 is 3.37. The largest absolute Gasteiger partial charge is 0.303 e. The predicted molar refractivity (Wildman–Crippen MR) is 150 cm³/mol. The van der Waals surface area contributed by atoms with Gasteiger partial charge in [0.15, 0.2) is 15.0 Å². The SMILES string of the molecule is O=C(Nc1ncc(SCCN2CCCC2)s1)C1(c2ccc(S(=O)(=O)C3CC3)cc2)C[C@H]1C1CCCCC1. The minimum absolute atomic E-state index is 0.0174. The Morgan fingerprint density at radius 2 is 1.78 bits per heavy atom. The number of likely N-dealkylation sites (tertiary alicyclic amines) is 1. The Morgan fingerprint density at radius 3 is 2.49 bits per heavy atom. The summed E-state index contributed by atoms with van der Waals surface area (Å²) in [6, 6.07) is 7.26. The van der Waals surface area contributed by atoms with Crippen LogP contribution in [0.1, 0.15) is 69.8 Å². The Morgan fingerprint density at radius 1 is 1.05 bits per heavy atom. The molecule has 0 radical (unpaired) electrons. The van der Waals surface area contributed by atoms with Gasteiger partial charge in [0.2, 0.25) is 5.91 Å². The van der Waals surface area contributed by atoms with Crippen molar-refractivity contribution in [2.45, 2.75) is 84.0 Å². The van der Waals surface area contributed by atoms with Gasteiger partial charge in [0.25, 0.3) is 0 Å². The van der Waals surface area contributed by atoms with E-state index in [-0.39, 0.29) is 11.2 Å². The first kappa shape index (κ1) is 25.8. The van der Waals surface area contributed by atoms with Gasteiger partial charge in [0.05, 0.1) is 26.0 Å². The molecule has 1 amide bonds. The van der Waals surface area contributed by atoms with Crippen LogP contribution in [0.2, 0.25) is 0 Å².